The molecule has 0 radical (unpaired) electrons. The zero-order chi connectivity index (χ0) is 11.5. The Morgan fingerprint density at radius 3 is 2.60 bits per heavy atom. The molecule has 0 spiro atoms. The van der Waals surface area contributed by atoms with Gasteiger partial charge in [-0.3, -0.25) is 4.68 Å². The smallest absolute Gasteiger partial charge is 0.260 e. The molecule has 86 valence electrons. The number of hydrogen-bond donors (Lipinski definition) is 0. The van der Waals surface area contributed by atoms with Crippen molar-refractivity contribution in [2.45, 2.75) is 37.8 Å². The second-order valence-corrected chi connectivity index (χ2v) is 3.79. The van der Waals surface area contributed by atoms with E-state index in [9.17, 15) is 13.2 Å². The van der Waals surface area contributed by atoms with Gasteiger partial charge in [0.05, 0.1) is 6.20 Å². The van der Waals surface area contributed by atoms with E-state index in [0.29, 0.717) is 13.0 Å². The van der Waals surface area contributed by atoms with E-state index in [4.69, 9.17) is 0 Å². The molecule has 0 saturated carbocycles. The Labute approximate surface area is 94.6 Å². The summed E-state index contributed by atoms with van der Waals surface area (Å²) in [7, 11) is 0. The minimum Gasteiger partial charge on any atom is -0.260 e. The van der Waals surface area contributed by atoms with Crippen molar-refractivity contribution >= 4 is 15.9 Å². The Kier molecular flexibility index (Phi) is 4.19. The van der Waals surface area contributed by atoms with Crippen LogP contribution in [0.15, 0.2) is 6.20 Å². The topological polar surface area (TPSA) is 17.8 Å². The molecule has 0 unspecified atom stereocenters. The number of halogens is 4. The lowest BCUT2D eigenvalue weighted by Gasteiger charge is -2.11. The van der Waals surface area contributed by atoms with Gasteiger partial charge < -0.3 is 0 Å². The van der Waals surface area contributed by atoms with E-state index in [1.807, 2.05) is 6.92 Å². The molecule has 1 aromatic heterocycles. The molecule has 0 N–H and O–H groups in total. The summed E-state index contributed by atoms with van der Waals surface area (Å²) in [4.78, 5) is 0. The van der Waals surface area contributed by atoms with Crippen molar-refractivity contribution in [3.63, 3.8) is 0 Å². The SMILES string of the molecule is CCCCn1ncc(CBr)c1C(F)(F)F. The number of aryl methyl sites for hydroxylation is 1. The van der Waals surface area contributed by atoms with Gasteiger partial charge in [-0.25, -0.2) is 0 Å². The molecule has 0 aromatic carbocycles. The van der Waals surface area contributed by atoms with Crippen LogP contribution in [-0.4, -0.2) is 9.78 Å². The fourth-order valence-corrected chi connectivity index (χ4v) is 1.74. The highest BCUT2D eigenvalue weighted by Crippen LogP contribution is 2.33. The average molecular weight is 285 g/mol. The summed E-state index contributed by atoms with van der Waals surface area (Å²) in [5, 5.41) is 3.93. The van der Waals surface area contributed by atoms with Crippen molar-refractivity contribution in [3.8, 4) is 0 Å². The van der Waals surface area contributed by atoms with Crippen molar-refractivity contribution < 1.29 is 13.2 Å². The maximum Gasteiger partial charge on any atom is 0.433 e. The van der Waals surface area contributed by atoms with E-state index >= 15 is 0 Å². The molecule has 0 aliphatic rings. The molecule has 1 aromatic rings. The minimum absolute atomic E-state index is 0.175. The number of nitrogens with zero attached hydrogens (tertiary/aromatic N) is 2. The van der Waals surface area contributed by atoms with Gasteiger partial charge in [0.2, 0.25) is 0 Å². The Morgan fingerprint density at radius 1 is 1.47 bits per heavy atom. The van der Waals surface area contributed by atoms with Crippen molar-refractivity contribution in [1.82, 2.24) is 9.78 Å². The van der Waals surface area contributed by atoms with Gasteiger partial charge in [0, 0.05) is 17.4 Å². The zero-order valence-electron chi connectivity index (χ0n) is 8.31. The van der Waals surface area contributed by atoms with Crippen LogP contribution in [0.25, 0.3) is 0 Å². The average Bonchev–Trinajstić information content (AvgIpc) is 2.56. The van der Waals surface area contributed by atoms with Crippen LogP contribution in [0.2, 0.25) is 0 Å². The van der Waals surface area contributed by atoms with Crippen LogP contribution in [0, 0.1) is 0 Å². The molecule has 0 aliphatic carbocycles. The summed E-state index contributed by atoms with van der Waals surface area (Å²) in [5.41, 5.74) is -0.438. The van der Waals surface area contributed by atoms with E-state index in [1.54, 1.807) is 0 Å². The summed E-state index contributed by atoms with van der Waals surface area (Å²) in [6, 6.07) is 0. The molecule has 1 rings (SSSR count). The number of rotatable bonds is 4. The van der Waals surface area contributed by atoms with Gasteiger partial charge in [-0.1, -0.05) is 29.3 Å². The molecule has 0 fully saturated rings. The Hall–Kier alpha value is -0.520. The van der Waals surface area contributed by atoms with Gasteiger partial charge in [-0.15, -0.1) is 0 Å². The molecule has 2 nitrogen and oxygen atoms in total. The van der Waals surface area contributed by atoms with Gasteiger partial charge >= 0.3 is 6.18 Å². The first-order valence-electron chi connectivity index (χ1n) is 4.68. The molecule has 0 saturated heterocycles. The minimum atomic E-state index is -4.33. The number of unbranched alkanes of at least 4 members (excludes halogenated alkanes) is 1. The van der Waals surface area contributed by atoms with Crippen molar-refractivity contribution in [1.29, 1.82) is 0 Å². The third-order valence-corrected chi connectivity index (χ3v) is 2.66. The Bertz CT molecular complexity index is 320. The fraction of sp³-hybridized carbons (Fsp3) is 0.667. The van der Waals surface area contributed by atoms with E-state index < -0.39 is 11.9 Å². The third kappa shape index (κ3) is 2.96. The van der Waals surface area contributed by atoms with Crippen molar-refractivity contribution in [2.75, 3.05) is 0 Å². The largest absolute Gasteiger partial charge is 0.433 e. The summed E-state index contributed by atoms with van der Waals surface area (Å²) in [6.07, 6.45) is -1.51. The second kappa shape index (κ2) is 5.01. The molecule has 0 amide bonds. The van der Waals surface area contributed by atoms with E-state index in [2.05, 4.69) is 21.0 Å². The van der Waals surface area contributed by atoms with Gasteiger partial charge in [0.1, 0.15) is 5.69 Å². The first-order valence-corrected chi connectivity index (χ1v) is 5.80. The lowest BCUT2D eigenvalue weighted by atomic mass is 10.2. The normalized spacial score (nSPS) is 12.1. The van der Waals surface area contributed by atoms with Crippen molar-refractivity contribution in [3.05, 3.63) is 17.5 Å². The van der Waals surface area contributed by atoms with Crippen LogP contribution >= 0.6 is 15.9 Å². The summed E-state index contributed by atoms with van der Waals surface area (Å²) >= 11 is 3.03. The molecular formula is C9H12BrF3N2. The highest BCUT2D eigenvalue weighted by molar-refractivity contribution is 9.08. The van der Waals surface area contributed by atoms with Gasteiger partial charge in [0.15, 0.2) is 0 Å². The quantitative estimate of drug-likeness (QED) is 0.773. The van der Waals surface area contributed by atoms with Crippen LogP contribution in [0.4, 0.5) is 13.2 Å². The number of hydrogen-bond acceptors (Lipinski definition) is 1. The van der Waals surface area contributed by atoms with E-state index in [-0.39, 0.29) is 10.9 Å². The lowest BCUT2D eigenvalue weighted by Crippen LogP contribution is -2.16. The second-order valence-electron chi connectivity index (χ2n) is 3.23. The molecule has 6 heteroatoms. The molecule has 0 bridgehead atoms. The van der Waals surface area contributed by atoms with Crippen LogP contribution < -0.4 is 0 Å². The predicted molar refractivity (Wildman–Crippen MR) is 54.8 cm³/mol. The molecule has 0 atom stereocenters. The van der Waals surface area contributed by atoms with Crippen molar-refractivity contribution in [2.24, 2.45) is 0 Å². The molecular weight excluding hydrogens is 273 g/mol. The van der Waals surface area contributed by atoms with Crippen LogP contribution in [0.5, 0.6) is 0 Å². The fourth-order valence-electron chi connectivity index (χ4n) is 1.33. The number of alkyl halides is 4. The summed E-state index contributed by atoms with van der Waals surface area (Å²) in [6.45, 7) is 2.25. The highest BCUT2D eigenvalue weighted by atomic mass is 79.9. The Morgan fingerprint density at radius 2 is 2.13 bits per heavy atom. The van der Waals surface area contributed by atoms with E-state index in [0.717, 1.165) is 11.1 Å². The maximum atomic E-state index is 12.7. The zero-order valence-corrected chi connectivity index (χ0v) is 9.90. The first kappa shape index (κ1) is 12.5. The molecule has 0 aliphatic heterocycles. The number of aromatic nitrogens is 2. The maximum absolute atomic E-state index is 12.7. The van der Waals surface area contributed by atoms with Gasteiger partial charge in [-0.2, -0.15) is 18.3 Å². The van der Waals surface area contributed by atoms with Gasteiger partial charge in [0.25, 0.3) is 0 Å². The van der Waals surface area contributed by atoms with Crippen LogP contribution in [0.1, 0.15) is 31.0 Å². The Balaban J connectivity index is 3.01. The monoisotopic (exact) mass is 284 g/mol. The van der Waals surface area contributed by atoms with Gasteiger partial charge in [-0.05, 0) is 6.42 Å². The van der Waals surface area contributed by atoms with E-state index in [1.165, 1.54) is 6.20 Å². The molecule has 1 heterocycles. The lowest BCUT2D eigenvalue weighted by molar-refractivity contribution is -0.144. The summed E-state index contributed by atoms with van der Waals surface area (Å²) < 4.78 is 39.1. The van der Waals surface area contributed by atoms with Crippen LogP contribution in [0.3, 0.4) is 0 Å². The summed E-state index contributed by atoms with van der Waals surface area (Å²) in [5.74, 6) is 0. The highest BCUT2D eigenvalue weighted by Gasteiger charge is 2.37. The first-order chi connectivity index (χ1) is 7.00. The third-order valence-electron chi connectivity index (χ3n) is 2.05. The predicted octanol–water partition coefficient (Wildman–Crippen LogP) is 3.60. The molecule has 15 heavy (non-hydrogen) atoms. The standard InChI is InChI=1S/C9H12BrF3N2/c1-2-3-4-15-8(9(11,12)13)7(5-10)6-14-15/h6H,2-5H2,1H3. The van der Waals surface area contributed by atoms with Crippen LogP contribution in [-0.2, 0) is 18.1 Å².